The summed E-state index contributed by atoms with van der Waals surface area (Å²) in [5.41, 5.74) is 1.66. The summed E-state index contributed by atoms with van der Waals surface area (Å²) in [5.74, 6) is 0. The number of nitrogens with zero attached hydrogens (tertiary/aromatic N) is 2. The van der Waals surface area contributed by atoms with Crippen LogP contribution in [0.4, 0.5) is 0 Å². The van der Waals surface area contributed by atoms with Gasteiger partial charge in [0, 0.05) is 24.7 Å². The third-order valence-corrected chi connectivity index (χ3v) is 2.39. The van der Waals surface area contributed by atoms with Crippen molar-refractivity contribution >= 4 is 17.2 Å². The number of carbonyl (C=O) groups is 1. The number of nitriles is 1. The maximum atomic E-state index is 10.3. The van der Waals surface area contributed by atoms with Crippen LogP contribution >= 0.6 is 0 Å². The maximum Gasteiger partial charge on any atom is 0.121 e. The summed E-state index contributed by atoms with van der Waals surface area (Å²) in [6.07, 6.45) is 3.34. The number of benzene rings is 1. The fourth-order valence-electron chi connectivity index (χ4n) is 1.64. The van der Waals surface area contributed by atoms with E-state index >= 15 is 0 Å². The van der Waals surface area contributed by atoms with Crippen molar-refractivity contribution in [2.24, 2.45) is 0 Å². The molecule has 1 aromatic carbocycles. The molecule has 0 saturated carbocycles. The highest BCUT2D eigenvalue weighted by molar-refractivity contribution is 5.81. The van der Waals surface area contributed by atoms with Crippen LogP contribution < -0.4 is 0 Å². The van der Waals surface area contributed by atoms with Crippen LogP contribution in [0.25, 0.3) is 10.9 Å². The van der Waals surface area contributed by atoms with E-state index < -0.39 is 0 Å². The van der Waals surface area contributed by atoms with Crippen LogP contribution in [0, 0.1) is 11.3 Å². The van der Waals surface area contributed by atoms with Crippen molar-refractivity contribution in [3.8, 4) is 6.07 Å². The zero-order valence-corrected chi connectivity index (χ0v) is 8.18. The van der Waals surface area contributed by atoms with E-state index in [9.17, 15) is 4.79 Å². The SMILES string of the molecule is N#Cc1ccc2ccn(CCC=O)c2c1. The molecule has 0 radical (unpaired) electrons. The minimum Gasteiger partial charge on any atom is -0.347 e. The van der Waals surface area contributed by atoms with Crippen LogP contribution in [0.2, 0.25) is 0 Å². The Kier molecular flexibility index (Phi) is 2.51. The molecule has 0 fully saturated rings. The van der Waals surface area contributed by atoms with Crippen LogP contribution in [-0.4, -0.2) is 10.9 Å². The Morgan fingerprint density at radius 2 is 2.27 bits per heavy atom. The minimum absolute atomic E-state index is 0.501. The maximum absolute atomic E-state index is 10.3. The molecule has 0 spiro atoms. The van der Waals surface area contributed by atoms with E-state index in [0.717, 1.165) is 17.2 Å². The molecule has 0 aliphatic carbocycles. The van der Waals surface area contributed by atoms with Gasteiger partial charge in [-0.2, -0.15) is 5.26 Å². The number of rotatable bonds is 3. The van der Waals surface area contributed by atoms with E-state index in [1.807, 2.05) is 29.0 Å². The lowest BCUT2D eigenvalue weighted by molar-refractivity contribution is -0.108. The molecule has 0 N–H and O–H groups in total. The third kappa shape index (κ3) is 1.75. The Morgan fingerprint density at radius 1 is 1.40 bits per heavy atom. The lowest BCUT2D eigenvalue weighted by atomic mass is 10.2. The molecule has 2 rings (SSSR count). The lowest BCUT2D eigenvalue weighted by Crippen LogP contribution is -1.96. The predicted molar refractivity (Wildman–Crippen MR) is 57.3 cm³/mol. The topological polar surface area (TPSA) is 45.8 Å². The lowest BCUT2D eigenvalue weighted by Gasteiger charge is -2.01. The van der Waals surface area contributed by atoms with Gasteiger partial charge in [0.1, 0.15) is 6.29 Å². The molecule has 1 heterocycles. The molecule has 1 aromatic heterocycles. The highest BCUT2D eigenvalue weighted by Gasteiger charge is 2.01. The highest BCUT2D eigenvalue weighted by Crippen LogP contribution is 2.17. The number of hydrogen-bond donors (Lipinski definition) is 0. The van der Waals surface area contributed by atoms with Gasteiger partial charge in [-0.25, -0.2) is 0 Å². The Morgan fingerprint density at radius 3 is 3.00 bits per heavy atom. The van der Waals surface area contributed by atoms with E-state index in [4.69, 9.17) is 5.26 Å². The van der Waals surface area contributed by atoms with E-state index in [0.29, 0.717) is 18.5 Å². The molecule has 0 unspecified atom stereocenters. The summed E-state index contributed by atoms with van der Waals surface area (Å²) < 4.78 is 1.99. The van der Waals surface area contributed by atoms with Gasteiger partial charge < -0.3 is 9.36 Å². The molecule has 3 nitrogen and oxygen atoms in total. The zero-order valence-electron chi connectivity index (χ0n) is 8.18. The van der Waals surface area contributed by atoms with Crippen molar-refractivity contribution in [2.45, 2.75) is 13.0 Å². The number of aldehydes is 1. The molecular weight excluding hydrogens is 188 g/mol. The van der Waals surface area contributed by atoms with Gasteiger partial charge in [0.25, 0.3) is 0 Å². The van der Waals surface area contributed by atoms with Crippen molar-refractivity contribution in [1.82, 2.24) is 4.57 Å². The smallest absolute Gasteiger partial charge is 0.121 e. The van der Waals surface area contributed by atoms with Gasteiger partial charge in [-0.05, 0) is 23.6 Å². The predicted octanol–water partition coefficient (Wildman–Crippen LogP) is 2.10. The molecule has 15 heavy (non-hydrogen) atoms. The van der Waals surface area contributed by atoms with Gasteiger partial charge in [-0.3, -0.25) is 0 Å². The Bertz CT molecular complexity index is 534. The Balaban J connectivity index is 2.47. The molecule has 0 bridgehead atoms. The second kappa shape index (κ2) is 3.97. The zero-order chi connectivity index (χ0) is 10.7. The summed E-state index contributed by atoms with van der Waals surface area (Å²) in [6, 6.07) is 9.66. The second-order valence-corrected chi connectivity index (χ2v) is 3.35. The molecular formula is C12H10N2O. The number of carbonyl (C=O) groups excluding carboxylic acids is 1. The van der Waals surface area contributed by atoms with Crippen molar-refractivity contribution in [1.29, 1.82) is 5.26 Å². The van der Waals surface area contributed by atoms with Crippen molar-refractivity contribution < 1.29 is 4.79 Å². The van der Waals surface area contributed by atoms with Gasteiger partial charge in [-0.15, -0.1) is 0 Å². The molecule has 0 amide bonds. The largest absolute Gasteiger partial charge is 0.347 e. The van der Waals surface area contributed by atoms with Gasteiger partial charge in [0.05, 0.1) is 11.6 Å². The highest BCUT2D eigenvalue weighted by atomic mass is 16.1. The van der Waals surface area contributed by atoms with E-state index in [2.05, 4.69) is 6.07 Å². The second-order valence-electron chi connectivity index (χ2n) is 3.35. The van der Waals surface area contributed by atoms with Crippen molar-refractivity contribution in [3.63, 3.8) is 0 Å². The van der Waals surface area contributed by atoms with Gasteiger partial charge in [0.2, 0.25) is 0 Å². The van der Waals surface area contributed by atoms with E-state index in [-0.39, 0.29) is 0 Å². The number of hydrogen-bond acceptors (Lipinski definition) is 2. The van der Waals surface area contributed by atoms with Gasteiger partial charge in [-0.1, -0.05) is 6.07 Å². The first-order chi connectivity index (χ1) is 7.35. The van der Waals surface area contributed by atoms with Crippen molar-refractivity contribution in [2.75, 3.05) is 0 Å². The molecule has 0 saturated heterocycles. The van der Waals surface area contributed by atoms with Crippen molar-refractivity contribution in [3.05, 3.63) is 36.0 Å². The summed E-state index contributed by atoms with van der Waals surface area (Å²) in [6.45, 7) is 0.669. The Labute approximate surface area is 87.5 Å². The molecule has 0 aliphatic heterocycles. The summed E-state index contributed by atoms with van der Waals surface area (Å²) in [4.78, 5) is 10.3. The van der Waals surface area contributed by atoms with E-state index in [1.54, 1.807) is 6.07 Å². The molecule has 74 valence electrons. The third-order valence-electron chi connectivity index (χ3n) is 2.39. The minimum atomic E-state index is 0.501. The van der Waals surface area contributed by atoms with Crippen LogP contribution in [0.15, 0.2) is 30.5 Å². The summed E-state index contributed by atoms with van der Waals surface area (Å²) in [7, 11) is 0. The summed E-state index contributed by atoms with van der Waals surface area (Å²) in [5, 5.41) is 9.88. The summed E-state index contributed by atoms with van der Waals surface area (Å²) >= 11 is 0. The first-order valence-corrected chi connectivity index (χ1v) is 4.78. The quantitative estimate of drug-likeness (QED) is 0.709. The normalized spacial score (nSPS) is 10.1. The van der Waals surface area contributed by atoms with E-state index in [1.165, 1.54) is 0 Å². The number of fused-ring (bicyclic) bond motifs is 1. The van der Waals surface area contributed by atoms with Crippen LogP contribution in [0.3, 0.4) is 0 Å². The first kappa shape index (κ1) is 9.47. The van der Waals surface area contributed by atoms with Crippen LogP contribution in [0.5, 0.6) is 0 Å². The molecule has 0 aliphatic rings. The van der Waals surface area contributed by atoms with Gasteiger partial charge >= 0.3 is 0 Å². The van der Waals surface area contributed by atoms with Crippen LogP contribution in [-0.2, 0) is 11.3 Å². The fraction of sp³-hybridized carbons (Fsp3) is 0.167. The van der Waals surface area contributed by atoms with Gasteiger partial charge in [0.15, 0.2) is 0 Å². The number of aromatic nitrogens is 1. The average molecular weight is 198 g/mol. The fourth-order valence-corrected chi connectivity index (χ4v) is 1.64. The van der Waals surface area contributed by atoms with Crippen LogP contribution in [0.1, 0.15) is 12.0 Å². The number of aryl methyl sites for hydroxylation is 1. The molecule has 3 heteroatoms. The molecule has 2 aromatic rings. The average Bonchev–Trinajstić information content (AvgIpc) is 2.68. The monoisotopic (exact) mass is 198 g/mol. The molecule has 0 atom stereocenters. The standard InChI is InChI=1S/C12H10N2O/c13-9-10-2-3-11-4-6-14(5-1-7-15)12(11)8-10/h2-4,6-8H,1,5H2. The Hall–Kier alpha value is -2.08. The first-order valence-electron chi connectivity index (χ1n) is 4.78.